The van der Waals surface area contributed by atoms with E-state index in [9.17, 15) is 5.26 Å². The molecule has 2 aromatic rings. The summed E-state index contributed by atoms with van der Waals surface area (Å²) in [5, 5.41) is 16.6. The number of nitriles is 1. The summed E-state index contributed by atoms with van der Waals surface area (Å²) in [6, 6.07) is 7.55. The first kappa shape index (κ1) is 17.9. The van der Waals surface area contributed by atoms with Crippen molar-refractivity contribution >= 4 is 27.5 Å². The van der Waals surface area contributed by atoms with Crippen LogP contribution in [0.1, 0.15) is 61.1 Å². The van der Waals surface area contributed by atoms with Crippen LogP contribution in [0.15, 0.2) is 33.9 Å². The summed E-state index contributed by atoms with van der Waals surface area (Å²) in [5.41, 5.74) is 3.46. The first-order valence-corrected chi connectivity index (χ1v) is 10.2. The van der Waals surface area contributed by atoms with Crippen LogP contribution in [0, 0.1) is 23.8 Å². The molecule has 0 radical (unpaired) electrons. The molecule has 2 unspecified atom stereocenters. The molecular formula is C21H20BrN5. The van der Waals surface area contributed by atoms with Gasteiger partial charge < -0.3 is 4.85 Å². The fourth-order valence-electron chi connectivity index (χ4n) is 4.40. The second-order valence-electron chi connectivity index (χ2n) is 7.27. The Labute approximate surface area is 167 Å². The van der Waals surface area contributed by atoms with Gasteiger partial charge in [-0.2, -0.15) is 10.4 Å². The number of benzene rings is 1. The highest BCUT2D eigenvalue weighted by atomic mass is 79.9. The third kappa shape index (κ3) is 3.19. The van der Waals surface area contributed by atoms with E-state index < -0.39 is 0 Å². The molecule has 1 aromatic heterocycles. The Balaban J connectivity index is 1.84. The van der Waals surface area contributed by atoms with E-state index >= 15 is 0 Å². The highest BCUT2D eigenvalue weighted by Crippen LogP contribution is 2.44. The molecule has 1 N–H and O–H groups in total. The van der Waals surface area contributed by atoms with Crippen LogP contribution in [-0.2, 0) is 0 Å². The van der Waals surface area contributed by atoms with Crippen molar-refractivity contribution in [2.45, 2.75) is 50.5 Å². The van der Waals surface area contributed by atoms with Gasteiger partial charge >= 0.3 is 0 Å². The van der Waals surface area contributed by atoms with Gasteiger partial charge in [0.15, 0.2) is 5.82 Å². The maximum atomic E-state index is 9.42. The normalized spacial score (nSPS) is 22.9. The number of hydrogen-bond donors (Lipinski definition) is 1. The van der Waals surface area contributed by atoms with Gasteiger partial charge in [0.2, 0.25) is 0 Å². The van der Waals surface area contributed by atoms with Crippen molar-refractivity contribution < 1.29 is 0 Å². The molecule has 5 nitrogen and oxygen atoms in total. The molecule has 0 bridgehead atoms. The number of halogens is 1. The summed E-state index contributed by atoms with van der Waals surface area (Å²) in [6.45, 7) is 7.98. The molecule has 2 heterocycles. The first-order chi connectivity index (χ1) is 13.2. The van der Waals surface area contributed by atoms with Crippen LogP contribution >= 0.6 is 15.9 Å². The van der Waals surface area contributed by atoms with E-state index in [1.807, 2.05) is 12.1 Å². The third-order valence-corrected chi connectivity index (χ3v) is 6.62. The van der Waals surface area contributed by atoms with Crippen molar-refractivity contribution in [3.05, 3.63) is 57.0 Å². The quantitative estimate of drug-likeness (QED) is 0.512. The average Bonchev–Trinajstić information content (AvgIpc) is 2.99. The van der Waals surface area contributed by atoms with Crippen LogP contribution < -0.4 is 0 Å². The number of aliphatic imine (C=N–C) groups is 1. The molecule has 1 aliphatic carbocycles. The molecule has 1 aromatic carbocycles. The summed E-state index contributed by atoms with van der Waals surface area (Å²) >= 11 is 3.61. The number of rotatable bonds is 2. The van der Waals surface area contributed by atoms with E-state index in [0.29, 0.717) is 11.5 Å². The SMILES string of the molecule is [C-]#[N+]C1C(C2CCCCCC2)=Nc2[nH]ncc2C1c1cccc(C#N)c1Br. The summed E-state index contributed by atoms with van der Waals surface area (Å²) < 4.78 is 0.764. The van der Waals surface area contributed by atoms with Gasteiger partial charge in [-0.25, -0.2) is 11.6 Å². The Hall–Kier alpha value is -2.44. The molecular weight excluding hydrogens is 402 g/mol. The Morgan fingerprint density at radius 3 is 2.67 bits per heavy atom. The number of H-pyrrole nitrogens is 1. The van der Waals surface area contributed by atoms with Gasteiger partial charge in [0.05, 0.1) is 17.7 Å². The highest BCUT2D eigenvalue weighted by molar-refractivity contribution is 9.10. The Morgan fingerprint density at radius 2 is 1.96 bits per heavy atom. The van der Waals surface area contributed by atoms with Crippen molar-refractivity contribution in [1.29, 1.82) is 5.26 Å². The number of fused-ring (bicyclic) bond motifs is 1. The molecule has 1 fully saturated rings. The first-order valence-electron chi connectivity index (χ1n) is 9.41. The number of nitrogens with zero attached hydrogens (tertiary/aromatic N) is 4. The van der Waals surface area contributed by atoms with Gasteiger partial charge in [0, 0.05) is 16.0 Å². The molecule has 4 rings (SSSR count). The third-order valence-electron chi connectivity index (χ3n) is 5.74. The minimum Gasteiger partial charge on any atom is -0.306 e. The summed E-state index contributed by atoms with van der Waals surface area (Å²) in [7, 11) is 0. The molecule has 136 valence electrons. The lowest BCUT2D eigenvalue weighted by Crippen LogP contribution is -2.34. The molecule has 2 aliphatic rings. The zero-order valence-electron chi connectivity index (χ0n) is 15.0. The second kappa shape index (κ2) is 7.66. The fraction of sp³-hybridized carbons (Fsp3) is 0.429. The predicted molar refractivity (Wildman–Crippen MR) is 108 cm³/mol. The van der Waals surface area contributed by atoms with E-state index in [1.54, 1.807) is 12.3 Å². The van der Waals surface area contributed by atoms with Gasteiger partial charge in [-0.05, 0) is 40.4 Å². The van der Waals surface area contributed by atoms with Crippen LogP contribution in [0.2, 0.25) is 0 Å². The molecule has 6 heteroatoms. The number of nitrogens with one attached hydrogen (secondary N) is 1. The highest BCUT2D eigenvalue weighted by Gasteiger charge is 2.44. The van der Waals surface area contributed by atoms with Crippen LogP contribution in [0.4, 0.5) is 5.82 Å². The van der Waals surface area contributed by atoms with E-state index in [-0.39, 0.29) is 12.0 Å². The number of aromatic nitrogens is 2. The second-order valence-corrected chi connectivity index (χ2v) is 8.06. The number of aromatic amines is 1. The lowest BCUT2D eigenvalue weighted by Gasteiger charge is -2.28. The predicted octanol–water partition coefficient (Wildman–Crippen LogP) is 5.52. The van der Waals surface area contributed by atoms with E-state index in [2.05, 4.69) is 37.0 Å². The Bertz CT molecular complexity index is 954. The lowest BCUT2D eigenvalue weighted by molar-refractivity contribution is 0.568. The maximum Gasteiger partial charge on any atom is 0.272 e. The standard InChI is InChI=1S/C21H20BrN5/c1-24-20-17(15-10-6-9-14(11-23)18(15)22)16-12-25-27-21(16)26-19(20)13-7-4-2-3-5-8-13/h6,9-10,12-13,17,20H,2-5,7-8H2,(H,25,27). The Morgan fingerprint density at radius 1 is 1.19 bits per heavy atom. The van der Waals surface area contributed by atoms with Crippen molar-refractivity contribution in [3.8, 4) is 6.07 Å². The zero-order chi connectivity index (χ0) is 18.8. The summed E-state index contributed by atoms with van der Waals surface area (Å²) in [4.78, 5) is 8.92. The van der Waals surface area contributed by atoms with Crippen LogP contribution in [0.3, 0.4) is 0 Å². The average molecular weight is 422 g/mol. The van der Waals surface area contributed by atoms with Gasteiger partial charge in [0.25, 0.3) is 6.04 Å². The minimum absolute atomic E-state index is 0.172. The topological polar surface area (TPSA) is 69.2 Å². The fourth-order valence-corrected chi connectivity index (χ4v) is 5.00. The number of hydrogen-bond acceptors (Lipinski definition) is 3. The molecule has 0 saturated heterocycles. The smallest absolute Gasteiger partial charge is 0.272 e. The lowest BCUT2D eigenvalue weighted by atomic mass is 9.77. The molecule has 1 aliphatic heterocycles. The van der Waals surface area contributed by atoms with Gasteiger partial charge in [-0.3, -0.25) is 5.10 Å². The van der Waals surface area contributed by atoms with Gasteiger partial charge in [0.1, 0.15) is 11.8 Å². The maximum absolute atomic E-state index is 9.42. The van der Waals surface area contributed by atoms with Crippen LogP contribution in [0.5, 0.6) is 0 Å². The molecule has 27 heavy (non-hydrogen) atoms. The molecule has 0 amide bonds. The van der Waals surface area contributed by atoms with Crippen molar-refractivity contribution in [2.75, 3.05) is 0 Å². The van der Waals surface area contributed by atoms with Crippen molar-refractivity contribution in [3.63, 3.8) is 0 Å². The molecule has 1 saturated carbocycles. The minimum atomic E-state index is -0.358. The van der Waals surface area contributed by atoms with Crippen LogP contribution in [-0.4, -0.2) is 22.0 Å². The van der Waals surface area contributed by atoms with Crippen LogP contribution in [0.25, 0.3) is 4.85 Å². The van der Waals surface area contributed by atoms with E-state index in [1.165, 1.54) is 25.7 Å². The molecule has 2 atom stereocenters. The monoisotopic (exact) mass is 421 g/mol. The Kier molecular flexibility index (Phi) is 5.09. The van der Waals surface area contributed by atoms with Gasteiger partial charge in [-0.1, -0.05) is 37.8 Å². The van der Waals surface area contributed by atoms with E-state index in [4.69, 9.17) is 11.6 Å². The zero-order valence-corrected chi connectivity index (χ0v) is 16.5. The molecule has 0 spiro atoms. The summed E-state index contributed by atoms with van der Waals surface area (Å²) in [5.74, 6) is 0.937. The van der Waals surface area contributed by atoms with Gasteiger partial charge in [-0.15, -0.1) is 0 Å². The largest absolute Gasteiger partial charge is 0.306 e. The van der Waals surface area contributed by atoms with Crippen molar-refractivity contribution in [2.24, 2.45) is 10.9 Å². The van der Waals surface area contributed by atoms with Crippen molar-refractivity contribution in [1.82, 2.24) is 10.2 Å². The van der Waals surface area contributed by atoms with E-state index in [0.717, 1.165) is 40.0 Å². The summed E-state index contributed by atoms with van der Waals surface area (Å²) in [6.07, 6.45) is 8.89.